The van der Waals surface area contributed by atoms with Gasteiger partial charge in [0.05, 0.1) is 25.8 Å². The molecule has 1 atom stereocenters. The van der Waals surface area contributed by atoms with Crippen LogP contribution >= 0.6 is 11.8 Å². The van der Waals surface area contributed by atoms with Gasteiger partial charge in [0.15, 0.2) is 0 Å². The molecule has 1 saturated carbocycles. The van der Waals surface area contributed by atoms with Crippen molar-refractivity contribution in [1.82, 2.24) is 5.43 Å². The first-order chi connectivity index (χ1) is 10.3. The molecule has 0 radical (unpaired) electrons. The van der Waals surface area contributed by atoms with Crippen LogP contribution < -0.4 is 20.7 Å². The number of methoxy groups -OCH3 is 2. The molecule has 4 nitrogen and oxygen atoms in total. The molecule has 0 heterocycles. The molecule has 1 aliphatic rings. The van der Waals surface area contributed by atoms with Crippen molar-refractivity contribution in [2.24, 2.45) is 5.84 Å². The van der Waals surface area contributed by atoms with Crippen molar-refractivity contribution in [3.05, 3.63) is 23.8 Å². The van der Waals surface area contributed by atoms with Crippen LogP contribution in [0.2, 0.25) is 0 Å². The molecule has 1 aliphatic carbocycles. The quantitative estimate of drug-likeness (QED) is 0.598. The second-order valence-electron chi connectivity index (χ2n) is 5.39. The number of thioether (sulfide) groups is 1. The summed E-state index contributed by atoms with van der Waals surface area (Å²) in [6.07, 6.45) is 6.75. The van der Waals surface area contributed by atoms with Gasteiger partial charge in [0.25, 0.3) is 0 Å². The van der Waals surface area contributed by atoms with Crippen molar-refractivity contribution < 1.29 is 9.47 Å². The molecule has 118 valence electrons. The van der Waals surface area contributed by atoms with Gasteiger partial charge in [-0.15, -0.1) is 0 Å². The fourth-order valence-corrected chi connectivity index (χ4v) is 4.30. The standard InChI is InChI=1S/C16H26N2O2S/c1-19-14-9-6-10-15(20-2)16(14)13(18-17)11-21-12-7-4-3-5-8-12/h6,9-10,12-13,18H,3-5,7-8,11,17H2,1-2H3. The summed E-state index contributed by atoms with van der Waals surface area (Å²) < 4.78 is 11.0. The highest BCUT2D eigenvalue weighted by atomic mass is 32.2. The monoisotopic (exact) mass is 310 g/mol. The largest absolute Gasteiger partial charge is 0.496 e. The average molecular weight is 310 g/mol. The number of hydrogen-bond donors (Lipinski definition) is 2. The fourth-order valence-electron chi connectivity index (χ4n) is 2.90. The van der Waals surface area contributed by atoms with Gasteiger partial charge < -0.3 is 9.47 Å². The minimum atomic E-state index is 0.0306. The zero-order chi connectivity index (χ0) is 15.1. The lowest BCUT2D eigenvalue weighted by Crippen LogP contribution is -2.31. The zero-order valence-electron chi connectivity index (χ0n) is 12.9. The van der Waals surface area contributed by atoms with Gasteiger partial charge >= 0.3 is 0 Å². The maximum Gasteiger partial charge on any atom is 0.127 e. The summed E-state index contributed by atoms with van der Waals surface area (Å²) >= 11 is 2.01. The Kier molecular flexibility index (Phi) is 6.67. The minimum Gasteiger partial charge on any atom is -0.496 e. The summed E-state index contributed by atoms with van der Waals surface area (Å²) in [4.78, 5) is 0. The van der Waals surface area contributed by atoms with Crippen molar-refractivity contribution in [3.63, 3.8) is 0 Å². The third kappa shape index (κ3) is 4.28. The summed E-state index contributed by atoms with van der Waals surface area (Å²) in [5, 5.41) is 0.760. The van der Waals surface area contributed by atoms with E-state index in [9.17, 15) is 0 Å². The van der Waals surface area contributed by atoms with Crippen LogP contribution in [-0.2, 0) is 0 Å². The van der Waals surface area contributed by atoms with Gasteiger partial charge in [0, 0.05) is 11.0 Å². The van der Waals surface area contributed by atoms with E-state index in [0.29, 0.717) is 0 Å². The predicted octanol–water partition coefficient (Wildman–Crippen LogP) is 3.27. The average Bonchev–Trinajstić information content (AvgIpc) is 2.56. The van der Waals surface area contributed by atoms with Gasteiger partial charge in [0.2, 0.25) is 0 Å². The molecule has 0 spiro atoms. The number of nitrogens with two attached hydrogens (primary N) is 1. The van der Waals surface area contributed by atoms with Crippen LogP contribution in [0, 0.1) is 0 Å². The van der Waals surface area contributed by atoms with Crippen LogP contribution in [0.3, 0.4) is 0 Å². The molecule has 1 aromatic carbocycles. The van der Waals surface area contributed by atoms with Gasteiger partial charge in [-0.25, -0.2) is 0 Å². The van der Waals surface area contributed by atoms with Crippen LogP contribution in [0.1, 0.15) is 43.7 Å². The number of ether oxygens (including phenoxy) is 2. The van der Waals surface area contributed by atoms with E-state index in [4.69, 9.17) is 15.3 Å². The van der Waals surface area contributed by atoms with E-state index >= 15 is 0 Å². The molecular formula is C16H26N2O2S. The molecular weight excluding hydrogens is 284 g/mol. The smallest absolute Gasteiger partial charge is 0.127 e. The van der Waals surface area contributed by atoms with Crippen LogP contribution in [0.4, 0.5) is 0 Å². The van der Waals surface area contributed by atoms with E-state index in [1.54, 1.807) is 14.2 Å². The van der Waals surface area contributed by atoms with Gasteiger partial charge in [-0.05, 0) is 25.0 Å². The third-order valence-corrected chi connectivity index (χ3v) is 5.53. The molecule has 0 amide bonds. The van der Waals surface area contributed by atoms with Crippen molar-refractivity contribution in [2.45, 2.75) is 43.4 Å². The normalized spacial score (nSPS) is 17.5. The highest BCUT2D eigenvalue weighted by Crippen LogP contribution is 2.37. The first-order valence-electron chi connectivity index (χ1n) is 7.58. The van der Waals surface area contributed by atoms with Crippen LogP contribution in [-0.4, -0.2) is 25.2 Å². The SMILES string of the molecule is COc1cccc(OC)c1C(CSC1CCCCC1)NN. The Labute approximate surface area is 131 Å². The molecule has 3 N–H and O–H groups in total. The molecule has 0 aliphatic heterocycles. The summed E-state index contributed by atoms with van der Waals surface area (Å²) in [5.74, 6) is 8.36. The fraction of sp³-hybridized carbons (Fsp3) is 0.625. The lowest BCUT2D eigenvalue weighted by molar-refractivity contribution is 0.375. The molecule has 1 fully saturated rings. The van der Waals surface area contributed by atoms with Crippen LogP contribution in [0.15, 0.2) is 18.2 Å². The lowest BCUT2D eigenvalue weighted by atomic mass is 10.0. The van der Waals surface area contributed by atoms with Crippen molar-refractivity contribution in [1.29, 1.82) is 0 Å². The Hall–Kier alpha value is -0.910. The molecule has 5 heteroatoms. The predicted molar refractivity (Wildman–Crippen MR) is 88.9 cm³/mol. The van der Waals surface area contributed by atoms with E-state index in [1.807, 2.05) is 30.0 Å². The Bertz CT molecular complexity index is 414. The highest BCUT2D eigenvalue weighted by Gasteiger charge is 2.22. The van der Waals surface area contributed by atoms with Crippen LogP contribution in [0.25, 0.3) is 0 Å². The topological polar surface area (TPSA) is 56.5 Å². The Morgan fingerprint density at radius 2 is 1.81 bits per heavy atom. The maximum atomic E-state index is 5.79. The number of hydrogen-bond acceptors (Lipinski definition) is 5. The van der Waals surface area contributed by atoms with E-state index in [0.717, 1.165) is 28.1 Å². The van der Waals surface area contributed by atoms with Gasteiger partial charge in [0.1, 0.15) is 11.5 Å². The van der Waals surface area contributed by atoms with Crippen molar-refractivity contribution in [3.8, 4) is 11.5 Å². The van der Waals surface area contributed by atoms with Crippen molar-refractivity contribution in [2.75, 3.05) is 20.0 Å². The molecule has 0 aromatic heterocycles. The number of benzene rings is 1. The summed E-state index contributed by atoms with van der Waals surface area (Å²) in [5.41, 5.74) is 3.93. The van der Waals surface area contributed by atoms with E-state index in [1.165, 1.54) is 32.1 Å². The lowest BCUT2D eigenvalue weighted by Gasteiger charge is -2.25. The van der Waals surface area contributed by atoms with Gasteiger partial charge in [-0.2, -0.15) is 11.8 Å². The number of rotatable bonds is 7. The Morgan fingerprint density at radius 1 is 1.19 bits per heavy atom. The first kappa shape index (κ1) is 16.5. The van der Waals surface area contributed by atoms with E-state index < -0.39 is 0 Å². The van der Waals surface area contributed by atoms with Crippen LogP contribution in [0.5, 0.6) is 11.5 Å². The van der Waals surface area contributed by atoms with Crippen molar-refractivity contribution >= 4 is 11.8 Å². The molecule has 1 aromatic rings. The third-order valence-electron chi connectivity index (χ3n) is 4.07. The highest BCUT2D eigenvalue weighted by molar-refractivity contribution is 7.99. The molecule has 1 unspecified atom stereocenters. The molecule has 0 saturated heterocycles. The van der Waals surface area contributed by atoms with E-state index in [2.05, 4.69) is 5.43 Å². The number of hydrazine groups is 1. The second kappa shape index (κ2) is 8.51. The minimum absolute atomic E-state index is 0.0306. The van der Waals surface area contributed by atoms with Gasteiger partial charge in [-0.3, -0.25) is 11.3 Å². The Balaban J connectivity index is 2.08. The first-order valence-corrected chi connectivity index (χ1v) is 8.63. The molecule has 0 bridgehead atoms. The summed E-state index contributed by atoms with van der Waals surface area (Å²) in [7, 11) is 3.36. The molecule has 2 rings (SSSR count). The maximum absolute atomic E-state index is 5.79. The summed E-state index contributed by atoms with van der Waals surface area (Å²) in [6, 6.07) is 5.87. The summed E-state index contributed by atoms with van der Waals surface area (Å²) in [6.45, 7) is 0. The zero-order valence-corrected chi connectivity index (χ0v) is 13.7. The number of nitrogens with one attached hydrogen (secondary N) is 1. The van der Waals surface area contributed by atoms with Gasteiger partial charge in [-0.1, -0.05) is 25.3 Å². The second-order valence-corrected chi connectivity index (χ2v) is 6.72. The Morgan fingerprint density at radius 3 is 2.33 bits per heavy atom. The van der Waals surface area contributed by atoms with E-state index in [-0.39, 0.29) is 6.04 Å². The molecule has 21 heavy (non-hydrogen) atoms.